The number of methoxy groups -OCH3 is 1. The molecule has 0 aromatic rings. The molecular weight excluding hydrogens is 490 g/mol. The summed E-state index contributed by atoms with van der Waals surface area (Å²) >= 11 is 0. The van der Waals surface area contributed by atoms with E-state index in [1.165, 1.54) is 20.2 Å². The Labute approximate surface area is 222 Å². The molecule has 0 aromatic carbocycles. The zero-order valence-electron chi connectivity index (χ0n) is 22.4. The van der Waals surface area contributed by atoms with Gasteiger partial charge in [0.1, 0.15) is 18.0 Å². The zero-order chi connectivity index (χ0) is 28.0. The SMILES string of the molecule is C=CCN(/C=C1/C(=O)O[C@H](COC)[C@@]2(C)C1=C(O)C(=O)C1=C2[C@H](OC(C)=O)CC2(C)C(=O)CC[C@@H]12)CC=C. The van der Waals surface area contributed by atoms with Gasteiger partial charge in [-0.05, 0) is 18.9 Å². The molecule has 1 saturated carbocycles. The fraction of sp³-hybridized carbons (Fsp3) is 0.517. The van der Waals surface area contributed by atoms with Crippen molar-refractivity contribution in [2.75, 3.05) is 26.8 Å². The third kappa shape index (κ3) is 4.04. The van der Waals surface area contributed by atoms with Crippen LogP contribution in [-0.4, -0.2) is 72.5 Å². The number of ketones is 2. The predicted octanol–water partition coefficient (Wildman–Crippen LogP) is 3.13. The summed E-state index contributed by atoms with van der Waals surface area (Å²) in [5, 5.41) is 11.5. The summed E-state index contributed by atoms with van der Waals surface area (Å²) in [4.78, 5) is 54.3. The van der Waals surface area contributed by atoms with Crippen LogP contribution in [0.3, 0.4) is 0 Å². The summed E-state index contributed by atoms with van der Waals surface area (Å²) < 4.78 is 17.1. The van der Waals surface area contributed by atoms with Crippen LogP contribution in [0.25, 0.3) is 0 Å². The Morgan fingerprint density at radius 2 is 1.87 bits per heavy atom. The van der Waals surface area contributed by atoms with Gasteiger partial charge >= 0.3 is 11.9 Å². The van der Waals surface area contributed by atoms with Crippen LogP contribution < -0.4 is 0 Å². The molecule has 3 aliphatic carbocycles. The summed E-state index contributed by atoms with van der Waals surface area (Å²) in [7, 11) is 1.46. The maximum atomic E-state index is 14.0. The van der Waals surface area contributed by atoms with Gasteiger partial charge in [0.2, 0.25) is 5.78 Å². The first-order valence-corrected chi connectivity index (χ1v) is 12.8. The molecule has 1 unspecified atom stereocenters. The number of rotatable bonds is 8. The van der Waals surface area contributed by atoms with E-state index < -0.39 is 52.4 Å². The molecule has 4 aliphatic rings. The molecule has 0 spiro atoms. The van der Waals surface area contributed by atoms with Crippen molar-refractivity contribution in [1.82, 2.24) is 4.90 Å². The first-order valence-electron chi connectivity index (χ1n) is 12.8. The third-order valence-electron chi connectivity index (χ3n) is 8.46. The number of Topliss-reactive ketones (excluding diaryl/α,β-unsaturated/α-hetero) is 2. The van der Waals surface area contributed by atoms with Gasteiger partial charge < -0.3 is 24.2 Å². The summed E-state index contributed by atoms with van der Waals surface area (Å²) in [6.07, 6.45) is 3.89. The number of aliphatic hydroxyl groups excluding tert-OH is 1. The van der Waals surface area contributed by atoms with Crippen LogP contribution in [0.15, 0.2) is 59.6 Å². The molecule has 204 valence electrons. The van der Waals surface area contributed by atoms with Gasteiger partial charge in [0.25, 0.3) is 0 Å². The van der Waals surface area contributed by atoms with Crippen molar-refractivity contribution < 1.29 is 38.5 Å². The van der Waals surface area contributed by atoms with E-state index in [2.05, 4.69) is 13.2 Å². The molecule has 5 atom stereocenters. The largest absolute Gasteiger partial charge is 0.504 e. The van der Waals surface area contributed by atoms with Crippen molar-refractivity contribution in [2.45, 2.75) is 52.2 Å². The van der Waals surface area contributed by atoms with Gasteiger partial charge in [0, 0.05) is 68.6 Å². The minimum Gasteiger partial charge on any atom is -0.504 e. The molecular formula is C29H35NO8. The number of ether oxygens (including phenoxy) is 3. The van der Waals surface area contributed by atoms with Crippen molar-refractivity contribution in [1.29, 1.82) is 0 Å². The Morgan fingerprint density at radius 1 is 1.21 bits per heavy atom. The number of esters is 2. The highest BCUT2D eigenvalue weighted by Crippen LogP contribution is 2.62. The minimum atomic E-state index is -1.27. The highest BCUT2D eigenvalue weighted by molar-refractivity contribution is 6.14. The number of cyclic esters (lactones) is 1. The Kier molecular flexibility index (Phi) is 7.27. The average molecular weight is 526 g/mol. The number of nitrogens with zero attached hydrogens (tertiary/aromatic N) is 1. The number of aliphatic hydroxyl groups is 1. The number of carbonyl (C=O) groups is 4. The molecule has 9 heteroatoms. The smallest absolute Gasteiger partial charge is 0.340 e. The number of hydrogen-bond donors (Lipinski definition) is 1. The van der Waals surface area contributed by atoms with E-state index in [1.807, 2.05) is 0 Å². The average Bonchev–Trinajstić information content (AvgIpc) is 3.13. The van der Waals surface area contributed by atoms with E-state index in [0.717, 1.165) is 0 Å². The molecule has 1 saturated heterocycles. The van der Waals surface area contributed by atoms with E-state index in [4.69, 9.17) is 14.2 Å². The van der Waals surface area contributed by atoms with Gasteiger partial charge in [-0.1, -0.05) is 19.1 Å². The predicted molar refractivity (Wildman–Crippen MR) is 138 cm³/mol. The van der Waals surface area contributed by atoms with Crippen LogP contribution in [0, 0.1) is 16.7 Å². The standard InChI is InChI=1S/C29H35NO8/c1-7-11-30(12-8-2)14-17-23-26(34)25(33)22-18-9-10-20(32)28(18,4)13-19(37-16(3)31)24(22)29(23,5)21(15-36-6)38-27(17)35/h7-8,14,18-19,21,34H,1-2,9-13,15H2,3-6H3/b17-14+/t18-,19+,21+,28?,29-/m0/s1. The molecule has 0 aromatic heterocycles. The van der Waals surface area contributed by atoms with Gasteiger partial charge in [0.15, 0.2) is 5.76 Å². The Bertz CT molecular complexity index is 1200. The topological polar surface area (TPSA) is 119 Å². The Balaban J connectivity index is 2.02. The van der Waals surface area contributed by atoms with Gasteiger partial charge in [-0.15, -0.1) is 13.2 Å². The number of hydrogen-bond acceptors (Lipinski definition) is 9. The normalized spacial score (nSPS) is 33.4. The fourth-order valence-corrected chi connectivity index (χ4v) is 6.78. The molecule has 1 N–H and O–H groups in total. The minimum absolute atomic E-state index is 0.00740. The van der Waals surface area contributed by atoms with Crippen LogP contribution in [-0.2, 0) is 33.4 Å². The van der Waals surface area contributed by atoms with E-state index in [1.54, 1.807) is 30.9 Å². The van der Waals surface area contributed by atoms with Crippen LogP contribution >= 0.6 is 0 Å². The van der Waals surface area contributed by atoms with Crippen molar-refractivity contribution in [3.63, 3.8) is 0 Å². The van der Waals surface area contributed by atoms with Crippen molar-refractivity contribution in [2.24, 2.45) is 16.7 Å². The van der Waals surface area contributed by atoms with Crippen LogP contribution in [0.5, 0.6) is 0 Å². The number of allylic oxidation sites excluding steroid dienone is 1. The first-order chi connectivity index (χ1) is 17.9. The molecule has 1 aliphatic heterocycles. The second-order valence-corrected chi connectivity index (χ2v) is 10.7. The molecule has 0 amide bonds. The van der Waals surface area contributed by atoms with Gasteiger partial charge in [0.05, 0.1) is 17.6 Å². The molecule has 0 radical (unpaired) electrons. The maximum absolute atomic E-state index is 14.0. The van der Waals surface area contributed by atoms with E-state index >= 15 is 0 Å². The highest BCUT2D eigenvalue weighted by Gasteiger charge is 2.64. The fourth-order valence-electron chi connectivity index (χ4n) is 6.78. The summed E-state index contributed by atoms with van der Waals surface area (Å²) in [6.45, 7) is 13.0. The lowest BCUT2D eigenvalue weighted by Crippen LogP contribution is -2.57. The second kappa shape index (κ2) is 10.0. The Hall–Kier alpha value is -3.46. The first kappa shape index (κ1) is 27.6. The molecule has 4 rings (SSSR count). The quantitative estimate of drug-likeness (QED) is 0.290. The lowest BCUT2D eigenvalue weighted by molar-refractivity contribution is -0.160. The third-order valence-corrected chi connectivity index (χ3v) is 8.46. The van der Waals surface area contributed by atoms with Gasteiger partial charge in [-0.25, -0.2) is 4.79 Å². The lowest BCUT2D eigenvalue weighted by atomic mass is 9.53. The van der Waals surface area contributed by atoms with Gasteiger partial charge in [-0.2, -0.15) is 0 Å². The van der Waals surface area contributed by atoms with Gasteiger partial charge in [-0.3, -0.25) is 14.4 Å². The van der Waals surface area contributed by atoms with E-state index in [9.17, 15) is 24.3 Å². The van der Waals surface area contributed by atoms with Crippen LogP contribution in [0.4, 0.5) is 0 Å². The maximum Gasteiger partial charge on any atom is 0.340 e. The molecule has 1 heterocycles. The summed E-state index contributed by atoms with van der Waals surface area (Å²) in [6, 6.07) is 0. The molecule has 2 fully saturated rings. The number of fused-ring (bicyclic) bond motifs is 4. The summed E-state index contributed by atoms with van der Waals surface area (Å²) in [5.41, 5.74) is -1.35. The van der Waals surface area contributed by atoms with E-state index in [-0.39, 0.29) is 42.0 Å². The zero-order valence-corrected chi connectivity index (χ0v) is 22.4. The number of carbonyl (C=O) groups excluding carboxylic acids is 4. The van der Waals surface area contributed by atoms with Crippen LogP contribution in [0.1, 0.15) is 40.0 Å². The van der Waals surface area contributed by atoms with Crippen molar-refractivity contribution in [3.05, 3.63) is 59.6 Å². The molecule has 38 heavy (non-hydrogen) atoms. The van der Waals surface area contributed by atoms with Crippen molar-refractivity contribution >= 4 is 23.5 Å². The Morgan fingerprint density at radius 3 is 2.45 bits per heavy atom. The van der Waals surface area contributed by atoms with Crippen LogP contribution in [0.2, 0.25) is 0 Å². The molecule has 0 bridgehead atoms. The molecule has 9 nitrogen and oxygen atoms in total. The second-order valence-electron chi connectivity index (χ2n) is 10.7. The monoisotopic (exact) mass is 525 g/mol. The van der Waals surface area contributed by atoms with Crippen molar-refractivity contribution in [3.8, 4) is 0 Å². The summed E-state index contributed by atoms with van der Waals surface area (Å²) in [5.74, 6) is -2.99. The lowest BCUT2D eigenvalue weighted by Gasteiger charge is -2.53. The highest BCUT2D eigenvalue weighted by atomic mass is 16.6. The van der Waals surface area contributed by atoms with E-state index in [0.29, 0.717) is 25.1 Å².